The second-order valence-corrected chi connectivity index (χ2v) is 16.4. The van der Waals surface area contributed by atoms with E-state index in [1.54, 1.807) is 6.08 Å². The summed E-state index contributed by atoms with van der Waals surface area (Å²) < 4.78 is 0. The number of unbranched alkanes of at least 4 members (excludes halogenated alkanes) is 32. The van der Waals surface area contributed by atoms with E-state index in [0.717, 1.165) is 32.1 Å². The van der Waals surface area contributed by atoms with Gasteiger partial charge in [-0.05, 0) is 32.1 Å². The van der Waals surface area contributed by atoms with Crippen LogP contribution in [0.1, 0.15) is 251 Å². The van der Waals surface area contributed by atoms with Crippen molar-refractivity contribution in [2.24, 2.45) is 0 Å². The van der Waals surface area contributed by atoms with Crippen LogP contribution in [-0.4, -0.2) is 46.1 Å². The number of rotatable bonds is 43. The van der Waals surface area contributed by atoms with Gasteiger partial charge in [-0.1, -0.05) is 237 Å². The van der Waals surface area contributed by atoms with Gasteiger partial charge in [0.25, 0.3) is 0 Å². The lowest BCUT2D eigenvalue weighted by molar-refractivity contribution is -0.124. The molecule has 3 atom stereocenters. The van der Waals surface area contributed by atoms with Gasteiger partial charge in [0.2, 0.25) is 5.91 Å². The lowest BCUT2D eigenvalue weighted by Crippen LogP contribution is -2.45. The Labute approximate surface area is 331 Å². The van der Waals surface area contributed by atoms with Crippen molar-refractivity contribution in [1.29, 1.82) is 0 Å². The molecular weight excluding hydrogens is 655 g/mol. The second kappa shape index (κ2) is 43.6. The van der Waals surface area contributed by atoms with E-state index < -0.39 is 18.2 Å². The highest BCUT2D eigenvalue weighted by molar-refractivity contribution is 5.76. The summed E-state index contributed by atoms with van der Waals surface area (Å²) in [4.78, 5) is 12.4. The Morgan fingerprint density at radius 3 is 1.21 bits per heavy atom. The summed E-state index contributed by atoms with van der Waals surface area (Å²) in [6.07, 6.45) is 53.3. The van der Waals surface area contributed by atoms with Crippen LogP contribution in [0.25, 0.3) is 0 Å². The van der Waals surface area contributed by atoms with Gasteiger partial charge in [-0.3, -0.25) is 4.79 Å². The summed E-state index contributed by atoms with van der Waals surface area (Å²) in [6.45, 7) is 4.22. The van der Waals surface area contributed by atoms with E-state index in [1.807, 2.05) is 6.08 Å². The molecular formula is C48H93NO4. The maximum atomic E-state index is 12.4. The number of aliphatic hydroxyl groups is 3. The third-order valence-electron chi connectivity index (χ3n) is 11.0. The molecule has 314 valence electrons. The molecule has 0 saturated heterocycles. The molecule has 3 unspecified atom stereocenters. The first-order valence-corrected chi connectivity index (χ1v) is 23.6. The Morgan fingerprint density at radius 1 is 0.472 bits per heavy atom. The molecule has 5 nitrogen and oxygen atoms in total. The van der Waals surface area contributed by atoms with E-state index in [0.29, 0.717) is 6.42 Å². The molecule has 0 aromatic carbocycles. The van der Waals surface area contributed by atoms with E-state index in [4.69, 9.17) is 0 Å². The maximum absolute atomic E-state index is 12.4. The minimum atomic E-state index is -0.948. The number of aliphatic hydroxyl groups excluding tert-OH is 3. The van der Waals surface area contributed by atoms with Crippen LogP contribution in [0, 0.1) is 0 Å². The van der Waals surface area contributed by atoms with Gasteiger partial charge >= 0.3 is 0 Å². The molecule has 0 fully saturated rings. The molecule has 0 bridgehead atoms. The van der Waals surface area contributed by atoms with E-state index in [2.05, 4.69) is 31.3 Å². The van der Waals surface area contributed by atoms with Gasteiger partial charge in [0.05, 0.1) is 31.3 Å². The van der Waals surface area contributed by atoms with E-state index in [1.165, 1.54) is 193 Å². The number of hydrogen-bond acceptors (Lipinski definition) is 4. The monoisotopic (exact) mass is 748 g/mol. The van der Waals surface area contributed by atoms with Crippen LogP contribution >= 0.6 is 0 Å². The van der Waals surface area contributed by atoms with Crippen LogP contribution in [0.3, 0.4) is 0 Å². The molecule has 0 aliphatic rings. The summed E-state index contributed by atoms with van der Waals surface area (Å²) in [5.74, 6) is -0.322. The topological polar surface area (TPSA) is 89.8 Å². The predicted molar refractivity (Wildman–Crippen MR) is 231 cm³/mol. The van der Waals surface area contributed by atoms with Crippen molar-refractivity contribution in [2.45, 2.75) is 270 Å². The largest absolute Gasteiger partial charge is 0.394 e. The summed E-state index contributed by atoms with van der Waals surface area (Å²) in [7, 11) is 0. The van der Waals surface area contributed by atoms with Crippen LogP contribution in [-0.2, 0) is 4.79 Å². The molecule has 0 radical (unpaired) electrons. The third kappa shape index (κ3) is 40.3. The van der Waals surface area contributed by atoms with Gasteiger partial charge in [0.15, 0.2) is 0 Å². The quantitative estimate of drug-likeness (QED) is 0.0369. The average molecular weight is 748 g/mol. The van der Waals surface area contributed by atoms with Crippen LogP contribution in [0.2, 0.25) is 0 Å². The van der Waals surface area contributed by atoms with Crippen molar-refractivity contribution >= 4 is 5.91 Å². The normalized spacial score (nSPS) is 13.7. The zero-order valence-electron chi connectivity index (χ0n) is 35.7. The number of hydrogen-bond donors (Lipinski definition) is 4. The van der Waals surface area contributed by atoms with Gasteiger partial charge in [0.1, 0.15) is 0 Å². The maximum Gasteiger partial charge on any atom is 0.222 e. The minimum Gasteiger partial charge on any atom is -0.394 e. The van der Waals surface area contributed by atoms with Crippen molar-refractivity contribution < 1.29 is 20.1 Å². The standard InChI is InChI=1S/C48H93NO4/c1-3-5-7-9-11-13-15-17-19-21-22-23-24-25-26-27-29-31-33-35-37-39-41-45(51)43-48(53)49-46(44-50)47(52)42-40-38-36-34-32-30-28-20-18-16-14-12-10-8-6-4-2/h32,34,40,42,45-47,50-52H,3-31,33,35-39,41,43-44H2,1-2H3,(H,49,53)/b34-32+,42-40+. The van der Waals surface area contributed by atoms with Crippen LogP contribution in [0.5, 0.6) is 0 Å². The van der Waals surface area contributed by atoms with Crippen molar-refractivity contribution in [3.05, 3.63) is 24.3 Å². The highest BCUT2D eigenvalue weighted by atomic mass is 16.3. The van der Waals surface area contributed by atoms with Crippen molar-refractivity contribution in [3.63, 3.8) is 0 Å². The smallest absolute Gasteiger partial charge is 0.222 e. The van der Waals surface area contributed by atoms with Gasteiger partial charge in [-0.15, -0.1) is 0 Å². The fourth-order valence-corrected chi connectivity index (χ4v) is 7.36. The fourth-order valence-electron chi connectivity index (χ4n) is 7.36. The Hall–Kier alpha value is -1.17. The Kier molecular flexibility index (Phi) is 42.6. The van der Waals surface area contributed by atoms with Crippen molar-refractivity contribution in [3.8, 4) is 0 Å². The van der Waals surface area contributed by atoms with Gasteiger partial charge in [0, 0.05) is 0 Å². The second-order valence-electron chi connectivity index (χ2n) is 16.4. The molecule has 0 aromatic heterocycles. The molecule has 0 aliphatic carbocycles. The molecule has 0 saturated carbocycles. The summed E-state index contributed by atoms with van der Waals surface area (Å²) >= 11 is 0. The first-order chi connectivity index (χ1) is 26.0. The molecule has 4 N–H and O–H groups in total. The Balaban J connectivity index is 3.63. The van der Waals surface area contributed by atoms with Crippen LogP contribution in [0.4, 0.5) is 0 Å². The number of carbonyl (C=O) groups is 1. The fraction of sp³-hybridized carbons (Fsp3) is 0.896. The van der Waals surface area contributed by atoms with Crippen molar-refractivity contribution in [1.82, 2.24) is 5.32 Å². The number of amides is 1. The summed E-state index contributed by atoms with van der Waals surface area (Å²) in [6, 6.07) is -0.757. The number of carbonyl (C=O) groups excluding carboxylic acids is 1. The summed E-state index contributed by atoms with van der Waals surface area (Å²) in [5, 5.41) is 33.2. The first-order valence-electron chi connectivity index (χ1n) is 23.6. The molecule has 0 aromatic rings. The highest BCUT2D eigenvalue weighted by Crippen LogP contribution is 2.16. The molecule has 0 spiro atoms. The van der Waals surface area contributed by atoms with Crippen LogP contribution < -0.4 is 5.32 Å². The number of nitrogens with one attached hydrogen (secondary N) is 1. The van der Waals surface area contributed by atoms with Crippen molar-refractivity contribution in [2.75, 3.05) is 6.61 Å². The zero-order chi connectivity index (χ0) is 38.7. The Bertz CT molecular complexity index is 784. The molecule has 0 aliphatic heterocycles. The van der Waals surface area contributed by atoms with E-state index in [-0.39, 0.29) is 18.9 Å². The molecule has 0 heterocycles. The molecule has 53 heavy (non-hydrogen) atoms. The molecule has 0 rings (SSSR count). The van der Waals surface area contributed by atoms with Gasteiger partial charge < -0.3 is 20.6 Å². The van der Waals surface area contributed by atoms with E-state index >= 15 is 0 Å². The number of allylic oxidation sites excluding steroid dienone is 3. The SMILES string of the molecule is CCCCCCCCCCCC/C=C/CC/C=C/C(O)C(CO)NC(=O)CC(O)CCCCCCCCCCCCCCCCCCCCCCCC. The predicted octanol–water partition coefficient (Wildman–Crippen LogP) is 13.8. The highest BCUT2D eigenvalue weighted by Gasteiger charge is 2.20. The van der Waals surface area contributed by atoms with Gasteiger partial charge in [-0.2, -0.15) is 0 Å². The lowest BCUT2D eigenvalue weighted by Gasteiger charge is -2.21. The summed E-state index contributed by atoms with van der Waals surface area (Å²) in [5.41, 5.74) is 0. The van der Waals surface area contributed by atoms with E-state index in [9.17, 15) is 20.1 Å². The van der Waals surface area contributed by atoms with Crippen LogP contribution in [0.15, 0.2) is 24.3 Å². The molecule has 1 amide bonds. The molecule has 5 heteroatoms. The minimum absolute atomic E-state index is 0.00995. The lowest BCUT2D eigenvalue weighted by atomic mass is 10.0. The average Bonchev–Trinajstić information content (AvgIpc) is 3.15. The third-order valence-corrected chi connectivity index (χ3v) is 11.0. The first kappa shape index (κ1) is 51.8. The zero-order valence-corrected chi connectivity index (χ0v) is 35.7. The Morgan fingerprint density at radius 2 is 0.811 bits per heavy atom. The van der Waals surface area contributed by atoms with Gasteiger partial charge in [-0.25, -0.2) is 0 Å².